The number of piperidine rings is 1. The van der Waals surface area contributed by atoms with Gasteiger partial charge in [-0.1, -0.05) is 12.1 Å². The largest absolute Gasteiger partial charge is 0.416 e. The lowest BCUT2D eigenvalue weighted by Crippen LogP contribution is -2.35. The standard InChI is InChI=1S/C14H18F3NO/c15-14(16,17)12-5-3-11(4-6-12)7-9-19-13-2-1-8-18-10-13/h3-6,13,18H,1-2,7-10H2. The Kier molecular flexibility index (Phi) is 4.82. The topological polar surface area (TPSA) is 21.3 Å². The molecule has 1 aromatic rings. The second-order valence-electron chi connectivity index (χ2n) is 4.78. The van der Waals surface area contributed by atoms with Crippen LogP contribution in [0.15, 0.2) is 24.3 Å². The predicted octanol–water partition coefficient (Wildman–Crippen LogP) is 3.02. The first-order chi connectivity index (χ1) is 9.05. The Labute approximate surface area is 111 Å². The summed E-state index contributed by atoms with van der Waals surface area (Å²) in [7, 11) is 0. The molecule has 1 aliphatic rings. The van der Waals surface area contributed by atoms with Gasteiger partial charge in [-0.2, -0.15) is 13.2 Å². The van der Waals surface area contributed by atoms with Crippen molar-refractivity contribution in [2.75, 3.05) is 19.7 Å². The molecule has 2 rings (SSSR count). The molecule has 1 unspecified atom stereocenters. The zero-order valence-corrected chi connectivity index (χ0v) is 10.7. The molecule has 1 atom stereocenters. The minimum absolute atomic E-state index is 0.239. The van der Waals surface area contributed by atoms with Gasteiger partial charge >= 0.3 is 6.18 Å². The number of hydrogen-bond donors (Lipinski definition) is 1. The van der Waals surface area contributed by atoms with E-state index in [9.17, 15) is 13.2 Å². The van der Waals surface area contributed by atoms with E-state index in [0.717, 1.165) is 43.6 Å². The summed E-state index contributed by atoms with van der Waals surface area (Å²) in [6, 6.07) is 5.28. The molecular formula is C14H18F3NO. The van der Waals surface area contributed by atoms with Crippen LogP contribution in [0.1, 0.15) is 24.0 Å². The predicted molar refractivity (Wildman–Crippen MR) is 67.0 cm³/mol. The lowest BCUT2D eigenvalue weighted by Gasteiger charge is -2.23. The van der Waals surface area contributed by atoms with E-state index in [1.165, 1.54) is 12.1 Å². The second-order valence-corrected chi connectivity index (χ2v) is 4.78. The third kappa shape index (κ3) is 4.51. The average Bonchev–Trinajstić information content (AvgIpc) is 2.39. The van der Waals surface area contributed by atoms with Gasteiger partial charge in [0.15, 0.2) is 0 Å². The zero-order chi connectivity index (χ0) is 13.7. The normalized spacial score (nSPS) is 20.5. The molecule has 1 N–H and O–H groups in total. The molecule has 1 heterocycles. The van der Waals surface area contributed by atoms with Crippen molar-refractivity contribution < 1.29 is 17.9 Å². The molecule has 0 amide bonds. The molecule has 0 saturated carbocycles. The van der Waals surface area contributed by atoms with Gasteiger partial charge in [-0.15, -0.1) is 0 Å². The summed E-state index contributed by atoms with van der Waals surface area (Å²) >= 11 is 0. The maximum absolute atomic E-state index is 12.4. The van der Waals surface area contributed by atoms with Crippen molar-refractivity contribution in [3.63, 3.8) is 0 Å². The first-order valence-electron chi connectivity index (χ1n) is 6.54. The van der Waals surface area contributed by atoms with Crippen molar-refractivity contribution in [2.24, 2.45) is 0 Å². The number of rotatable bonds is 4. The van der Waals surface area contributed by atoms with E-state index in [1.807, 2.05) is 0 Å². The highest BCUT2D eigenvalue weighted by Gasteiger charge is 2.29. The van der Waals surface area contributed by atoms with Gasteiger partial charge < -0.3 is 10.1 Å². The minimum atomic E-state index is -4.26. The highest BCUT2D eigenvalue weighted by atomic mass is 19.4. The van der Waals surface area contributed by atoms with E-state index in [4.69, 9.17) is 4.74 Å². The zero-order valence-electron chi connectivity index (χ0n) is 10.7. The minimum Gasteiger partial charge on any atom is -0.377 e. The lowest BCUT2D eigenvalue weighted by atomic mass is 10.1. The molecule has 1 aromatic carbocycles. The van der Waals surface area contributed by atoms with Crippen LogP contribution < -0.4 is 5.32 Å². The molecule has 1 fully saturated rings. The third-order valence-electron chi connectivity index (χ3n) is 3.28. The molecule has 0 radical (unpaired) electrons. The smallest absolute Gasteiger partial charge is 0.377 e. The summed E-state index contributed by atoms with van der Waals surface area (Å²) in [6.45, 7) is 2.46. The summed E-state index contributed by atoms with van der Waals surface area (Å²) in [5, 5.41) is 3.26. The lowest BCUT2D eigenvalue weighted by molar-refractivity contribution is -0.137. The van der Waals surface area contributed by atoms with Gasteiger partial charge in [0.05, 0.1) is 18.3 Å². The summed E-state index contributed by atoms with van der Waals surface area (Å²) in [5.74, 6) is 0. The van der Waals surface area contributed by atoms with Crippen LogP contribution in [0.25, 0.3) is 0 Å². The molecule has 0 bridgehead atoms. The van der Waals surface area contributed by atoms with Crippen LogP contribution in [-0.2, 0) is 17.3 Å². The van der Waals surface area contributed by atoms with Crippen molar-refractivity contribution in [2.45, 2.75) is 31.5 Å². The van der Waals surface area contributed by atoms with E-state index in [-0.39, 0.29) is 6.10 Å². The SMILES string of the molecule is FC(F)(F)c1ccc(CCOC2CCCNC2)cc1. The molecule has 5 heteroatoms. The quantitative estimate of drug-likeness (QED) is 0.910. The van der Waals surface area contributed by atoms with E-state index in [1.54, 1.807) is 0 Å². The Hall–Kier alpha value is -1.07. The Balaban J connectivity index is 1.76. The van der Waals surface area contributed by atoms with Crippen LogP contribution in [-0.4, -0.2) is 25.8 Å². The number of alkyl halides is 3. The second kappa shape index (κ2) is 6.39. The van der Waals surface area contributed by atoms with Crippen LogP contribution in [0.4, 0.5) is 13.2 Å². The van der Waals surface area contributed by atoms with Crippen LogP contribution >= 0.6 is 0 Å². The van der Waals surface area contributed by atoms with Gasteiger partial charge in [0.25, 0.3) is 0 Å². The van der Waals surface area contributed by atoms with E-state index in [2.05, 4.69) is 5.32 Å². The maximum Gasteiger partial charge on any atom is 0.416 e. The van der Waals surface area contributed by atoms with E-state index in [0.29, 0.717) is 13.0 Å². The average molecular weight is 273 g/mol. The Morgan fingerprint density at radius 1 is 1.21 bits per heavy atom. The summed E-state index contributed by atoms with van der Waals surface area (Å²) < 4.78 is 42.8. The van der Waals surface area contributed by atoms with Crippen LogP contribution in [0.3, 0.4) is 0 Å². The Morgan fingerprint density at radius 3 is 2.53 bits per heavy atom. The van der Waals surface area contributed by atoms with Crippen molar-refractivity contribution >= 4 is 0 Å². The third-order valence-corrected chi connectivity index (χ3v) is 3.28. The van der Waals surface area contributed by atoms with Crippen molar-refractivity contribution in [3.05, 3.63) is 35.4 Å². The molecular weight excluding hydrogens is 255 g/mol. The number of nitrogens with one attached hydrogen (secondary N) is 1. The summed E-state index contributed by atoms with van der Waals surface area (Å²) in [5.41, 5.74) is 0.269. The highest BCUT2D eigenvalue weighted by molar-refractivity contribution is 5.24. The van der Waals surface area contributed by atoms with Crippen molar-refractivity contribution in [1.29, 1.82) is 0 Å². The molecule has 1 saturated heterocycles. The highest BCUT2D eigenvalue weighted by Crippen LogP contribution is 2.29. The molecule has 0 aromatic heterocycles. The fraction of sp³-hybridized carbons (Fsp3) is 0.571. The van der Waals surface area contributed by atoms with Crippen molar-refractivity contribution in [1.82, 2.24) is 5.32 Å². The number of hydrogen-bond acceptors (Lipinski definition) is 2. The van der Waals surface area contributed by atoms with Gasteiger partial charge in [0.2, 0.25) is 0 Å². The Morgan fingerprint density at radius 2 is 1.95 bits per heavy atom. The molecule has 1 aliphatic heterocycles. The van der Waals surface area contributed by atoms with E-state index >= 15 is 0 Å². The molecule has 0 spiro atoms. The fourth-order valence-electron chi connectivity index (χ4n) is 2.17. The van der Waals surface area contributed by atoms with Gasteiger partial charge in [-0.25, -0.2) is 0 Å². The fourth-order valence-corrected chi connectivity index (χ4v) is 2.17. The summed E-state index contributed by atoms with van der Waals surface area (Å²) in [4.78, 5) is 0. The van der Waals surface area contributed by atoms with Gasteiger partial charge in [-0.3, -0.25) is 0 Å². The number of ether oxygens (including phenoxy) is 1. The monoisotopic (exact) mass is 273 g/mol. The molecule has 19 heavy (non-hydrogen) atoms. The van der Waals surface area contributed by atoms with Gasteiger partial charge in [0.1, 0.15) is 0 Å². The van der Waals surface area contributed by atoms with Crippen LogP contribution in [0.5, 0.6) is 0 Å². The van der Waals surface area contributed by atoms with Crippen molar-refractivity contribution in [3.8, 4) is 0 Å². The van der Waals surface area contributed by atoms with E-state index < -0.39 is 11.7 Å². The number of halogens is 3. The van der Waals surface area contributed by atoms with Gasteiger partial charge in [-0.05, 0) is 43.5 Å². The maximum atomic E-state index is 12.4. The Bertz CT molecular complexity index is 383. The molecule has 0 aliphatic carbocycles. The van der Waals surface area contributed by atoms with Crippen LogP contribution in [0.2, 0.25) is 0 Å². The summed E-state index contributed by atoms with van der Waals surface area (Å²) in [6.07, 6.45) is -1.20. The first kappa shape index (κ1) is 14.3. The molecule has 106 valence electrons. The number of benzene rings is 1. The molecule has 2 nitrogen and oxygen atoms in total. The van der Waals surface area contributed by atoms with Crippen LogP contribution in [0, 0.1) is 0 Å². The first-order valence-corrected chi connectivity index (χ1v) is 6.54. The van der Waals surface area contributed by atoms with Gasteiger partial charge in [0, 0.05) is 6.54 Å².